The number of nitrogens with zero attached hydrogens (tertiary/aromatic N) is 6. The van der Waals surface area contributed by atoms with Crippen molar-refractivity contribution in [2.75, 3.05) is 6.26 Å². The highest BCUT2D eigenvalue weighted by Gasteiger charge is 2.27. The Morgan fingerprint density at radius 1 is 1.03 bits per heavy atom. The summed E-state index contributed by atoms with van der Waals surface area (Å²) in [5.74, 6) is 1.12. The Morgan fingerprint density at radius 2 is 1.75 bits per heavy atom. The second-order valence-electron chi connectivity index (χ2n) is 7.12. The summed E-state index contributed by atoms with van der Waals surface area (Å²) in [7, 11) is 1.97. The second kappa shape index (κ2) is 7.88. The van der Waals surface area contributed by atoms with Gasteiger partial charge in [0.25, 0.3) is 0 Å². The molecule has 32 heavy (non-hydrogen) atoms. The number of fused-ring (bicyclic) bond motifs is 1. The van der Waals surface area contributed by atoms with Crippen molar-refractivity contribution >= 4 is 39.9 Å². The van der Waals surface area contributed by atoms with Gasteiger partial charge in [-0.25, -0.2) is 9.67 Å². The third-order valence-corrected chi connectivity index (χ3v) is 6.71. The minimum absolute atomic E-state index is 0.139. The maximum atomic E-state index is 12.0. The number of rotatable bonds is 5. The molecular formula is C22H19N7OS2. The lowest BCUT2D eigenvalue weighted by atomic mass is 10.3. The van der Waals surface area contributed by atoms with Crippen molar-refractivity contribution in [3.8, 4) is 22.9 Å². The van der Waals surface area contributed by atoms with Gasteiger partial charge in [-0.05, 0) is 30.5 Å². The predicted molar refractivity (Wildman–Crippen MR) is 126 cm³/mol. The molecule has 2 aromatic carbocycles. The molecule has 8 nitrogen and oxygen atoms in total. The molecule has 3 aromatic heterocycles. The van der Waals surface area contributed by atoms with Crippen LogP contribution in [-0.4, -0.2) is 41.2 Å². The van der Waals surface area contributed by atoms with Crippen molar-refractivity contribution in [1.82, 2.24) is 29.1 Å². The number of hydrogen-bond donors (Lipinski definition) is 1. The number of carbonyl (C=O) groups is 1. The lowest BCUT2D eigenvalue weighted by Crippen LogP contribution is -2.18. The topological polar surface area (TPSA) is 94.4 Å². The fourth-order valence-corrected chi connectivity index (χ4v) is 4.83. The largest absolute Gasteiger partial charge is 0.327 e. The zero-order chi connectivity index (χ0) is 22.4. The molecule has 160 valence electrons. The summed E-state index contributed by atoms with van der Waals surface area (Å²) in [5.41, 5.74) is 3.45. The fourth-order valence-electron chi connectivity index (χ4n) is 3.62. The lowest BCUT2D eigenvalue weighted by Gasteiger charge is -2.10. The van der Waals surface area contributed by atoms with E-state index < -0.39 is 0 Å². The summed E-state index contributed by atoms with van der Waals surface area (Å²) in [6, 6.07) is 17.6. The van der Waals surface area contributed by atoms with Crippen LogP contribution in [-0.2, 0) is 7.05 Å². The number of aromatic nitrogens is 6. The predicted octanol–water partition coefficient (Wildman–Crippen LogP) is 4.08. The monoisotopic (exact) mass is 461 g/mol. The van der Waals surface area contributed by atoms with Crippen molar-refractivity contribution in [1.29, 1.82) is 5.41 Å². The Balaban J connectivity index is 1.90. The van der Waals surface area contributed by atoms with Crippen LogP contribution in [0.1, 0.15) is 16.7 Å². The Kier molecular flexibility index (Phi) is 5.03. The third-order valence-electron chi connectivity index (χ3n) is 5.11. The van der Waals surface area contributed by atoms with E-state index in [1.54, 1.807) is 4.68 Å². The Hall–Kier alpha value is -3.50. The van der Waals surface area contributed by atoms with E-state index in [0.717, 1.165) is 44.5 Å². The first-order chi connectivity index (χ1) is 15.5. The Bertz CT molecular complexity index is 1530. The van der Waals surface area contributed by atoms with Crippen molar-refractivity contribution in [3.63, 3.8) is 0 Å². The molecule has 0 unspecified atom stereocenters. The Labute approximate surface area is 191 Å². The summed E-state index contributed by atoms with van der Waals surface area (Å²) in [6.45, 7) is 1.46. The number of imidazole rings is 1. The average Bonchev–Trinajstić information content (AvgIpc) is 3.47. The first-order valence-electron chi connectivity index (χ1n) is 9.80. The van der Waals surface area contributed by atoms with Gasteiger partial charge < -0.3 is 4.57 Å². The van der Waals surface area contributed by atoms with Crippen LogP contribution in [0.15, 0.2) is 59.6 Å². The molecule has 0 aliphatic heterocycles. The van der Waals surface area contributed by atoms with Crippen molar-refractivity contribution in [3.05, 3.63) is 64.4 Å². The summed E-state index contributed by atoms with van der Waals surface area (Å²) in [4.78, 5) is 17.0. The van der Waals surface area contributed by atoms with E-state index in [4.69, 9.17) is 15.5 Å². The highest BCUT2D eigenvalue weighted by atomic mass is 32.2. The molecule has 0 amide bonds. The molecule has 0 aliphatic carbocycles. The molecule has 0 saturated carbocycles. The number of aryl methyl sites for hydroxylation is 1. The third kappa shape index (κ3) is 3.19. The quantitative estimate of drug-likeness (QED) is 0.314. The molecule has 5 rings (SSSR count). The zero-order valence-electron chi connectivity index (χ0n) is 17.6. The number of thioether (sulfide) groups is 1. The summed E-state index contributed by atoms with van der Waals surface area (Å²) >= 11 is 2.55. The highest BCUT2D eigenvalue weighted by molar-refractivity contribution is 7.98. The van der Waals surface area contributed by atoms with E-state index >= 15 is 0 Å². The van der Waals surface area contributed by atoms with Gasteiger partial charge in [0.2, 0.25) is 4.80 Å². The first-order valence-corrected chi connectivity index (χ1v) is 11.8. The number of Topliss-reactive ketones (excluding diaryl/α,β-unsaturated/α-hetero) is 1. The molecule has 0 bridgehead atoms. The van der Waals surface area contributed by atoms with Crippen LogP contribution in [0.25, 0.3) is 33.9 Å². The van der Waals surface area contributed by atoms with Gasteiger partial charge in [0.1, 0.15) is 10.9 Å². The molecule has 10 heteroatoms. The summed E-state index contributed by atoms with van der Waals surface area (Å²) in [6.07, 6.45) is 1.96. The second-order valence-corrected chi connectivity index (χ2v) is 8.89. The van der Waals surface area contributed by atoms with Crippen LogP contribution in [0.2, 0.25) is 0 Å². The number of carbonyl (C=O) groups excluding carboxylic acids is 1. The van der Waals surface area contributed by atoms with Gasteiger partial charge in [0, 0.05) is 14.0 Å². The molecule has 3 heterocycles. The van der Waals surface area contributed by atoms with E-state index in [0.29, 0.717) is 5.82 Å². The normalized spacial score (nSPS) is 11.3. The molecule has 0 spiro atoms. The SMILES string of the molecule is CSc1nn(-c2ccccc2)c(-n2nc(C(C)=O)sc2=N)c1-c1nc2ccccc2n1C. The van der Waals surface area contributed by atoms with Gasteiger partial charge in [-0.15, -0.1) is 16.9 Å². The van der Waals surface area contributed by atoms with Gasteiger partial charge in [-0.1, -0.05) is 41.7 Å². The number of ketones is 1. The molecule has 1 N–H and O–H groups in total. The molecule has 5 aromatic rings. The van der Waals surface area contributed by atoms with Crippen molar-refractivity contribution < 1.29 is 4.79 Å². The number of nitrogens with one attached hydrogen (secondary N) is 1. The standard InChI is InChI=1S/C22H19N7OS2/c1-13(30)19-25-29(22(23)32-19)21-17(18-24-15-11-7-8-12-16(15)27(18)2)20(31-3)26-28(21)14-9-5-4-6-10-14/h4-12,23H,1-3H3. The summed E-state index contributed by atoms with van der Waals surface area (Å²) in [5, 5.41) is 18.9. The van der Waals surface area contributed by atoms with E-state index in [2.05, 4.69) is 5.10 Å². The fraction of sp³-hybridized carbons (Fsp3) is 0.136. The number of hydrogen-bond acceptors (Lipinski definition) is 7. The first kappa shape index (κ1) is 20.4. The summed E-state index contributed by atoms with van der Waals surface area (Å²) < 4.78 is 5.27. The molecule has 0 atom stereocenters. The number of benzene rings is 2. The molecular weight excluding hydrogens is 442 g/mol. The molecule has 0 radical (unpaired) electrons. The maximum absolute atomic E-state index is 12.0. The van der Waals surface area contributed by atoms with Crippen LogP contribution in [0, 0.1) is 5.41 Å². The maximum Gasteiger partial charge on any atom is 0.206 e. The van der Waals surface area contributed by atoms with Gasteiger partial charge in [0.15, 0.2) is 16.6 Å². The van der Waals surface area contributed by atoms with Gasteiger partial charge in [0.05, 0.1) is 22.3 Å². The van der Waals surface area contributed by atoms with Crippen LogP contribution >= 0.6 is 23.1 Å². The molecule has 0 aliphatic rings. The van der Waals surface area contributed by atoms with E-state index in [9.17, 15) is 4.79 Å². The van der Waals surface area contributed by atoms with Crippen LogP contribution < -0.4 is 4.80 Å². The molecule has 0 fully saturated rings. The van der Waals surface area contributed by atoms with Crippen LogP contribution in [0.3, 0.4) is 0 Å². The van der Waals surface area contributed by atoms with E-state index in [1.807, 2.05) is 72.5 Å². The smallest absolute Gasteiger partial charge is 0.206 e. The highest BCUT2D eigenvalue weighted by Crippen LogP contribution is 2.37. The molecule has 0 saturated heterocycles. The Morgan fingerprint density at radius 3 is 2.41 bits per heavy atom. The van der Waals surface area contributed by atoms with Crippen molar-refractivity contribution in [2.24, 2.45) is 7.05 Å². The minimum atomic E-state index is -0.178. The van der Waals surface area contributed by atoms with Gasteiger partial charge in [-0.2, -0.15) is 9.78 Å². The lowest BCUT2D eigenvalue weighted by molar-refractivity contribution is 0.101. The van der Waals surface area contributed by atoms with Crippen LogP contribution in [0.4, 0.5) is 0 Å². The van der Waals surface area contributed by atoms with Gasteiger partial charge in [-0.3, -0.25) is 10.2 Å². The average molecular weight is 462 g/mol. The van der Waals surface area contributed by atoms with Gasteiger partial charge >= 0.3 is 0 Å². The van der Waals surface area contributed by atoms with Crippen LogP contribution in [0.5, 0.6) is 0 Å². The van der Waals surface area contributed by atoms with Crippen molar-refractivity contribution in [2.45, 2.75) is 11.9 Å². The van der Waals surface area contributed by atoms with E-state index in [-0.39, 0.29) is 15.6 Å². The minimum Gasteiger partial charge on any atom is -0.327 e. The van der Waals surface area contributed by atoms with E-state index in [1.165, 1.54) is 23.4 Å². The number of para-hydroxylation sites is 3. The zero-order valence-corrected chi connectivity index (χ0v) is 19.2.